The predicted octanol–water partition coefficient (Wildman–Crippen LogP) is 3.43. The molecular weight excluding hydrogens is 296 g/mol. The Hall–Kier alpha value is -1.81. The fourth-order valence-electron chi connectivity index (χ4n) is 3.87. The molecule has 2 aliphatic rings. The summed E-state index contributed by atoms with van der Waals surface area (Å²) < 4.78 is 2.05. The molecule has 1 aliphatic heterocycles. The summed E-state index contributed by atoms with van der Waals surface area (Å²) >= 11 is 0. The maximum atomic E-state index is 4.12. The van der Waals surface area contributed by atoms with E-state index in [2.05, 4.69) is 46.0 Å². The second-order valence-corrected chi connectivity index (χ2v) is 7.38. The van der Waals surface area contributed by atoms with Crippen LogP contribution >= 0.6 is 0 Å². The van der Waals surface area contributed by atoms with E-state index in [-0.39, 0.29) is 0 Å². The van der Waals surface area contributed by atoms with Crippen LogP contribution in [0.25, 0.3) is 5.69 Å². The number of likely N-dealkylation sites (tertiary alicyclic amines) is 1. The molecule has 4 rings (SSSR count). The summed E-state index contributed by atoms with van der Waals surface area (Å²) in [5, 5.41) is 0. The van der Waals surface area contributed by atoms with Crippen LogP contribution < -0.4 is 4.90 Å². The van der Waals surface area contributed by atoms with Crippen LogP contribution in [0, 0.1) is 11.8 Å². The molecule has 0 spiro atoms. The third-order valence-corrected chi connectivity index (χ3v) is 5.46. The SMILES string of the molecule is CCN(CC1CCN(CC2CC2)C1)c1ccc(-n2ccnc2)cc1. The van der Waals surface area contributed by atoms with Crippen molar-refractivity contribution in [3.8, 4) is 5.69 Å². The van der Waals surface area contributed by atoms with E-state index in [1.165, 1.54) is 56.8 Å². The highest BCUT2D eigenvalue weighted by Crippen LogP contribution is 2.32. The number of rotatable bonds is 7. The molecule has 1 atom stereocenters. The minimum atomic E-state index is 0.817. The van der Waals surface area contributed by atoms with Gasteiger partial charge in [-0.05, 0) is 68.8 Å². The van der Waals surface area contributed by atoms with Crippen molar-refractivity contribution in [2.45, 2.75) is 26.2 Å². The quantitative estimate of drug-likeness (QED) is 0.780. The van der Waals surface area contributed by atoms with Gasteiger partial charge in [0.05, 0.1) is 6.33 Å². The Kier molecular flexibility index (Phi) is 4.56. The smallest absolute Gasteiger partial charge is 0.0991 e. The zero-order valence-corrected chi connectivity index (χ0v) is 14.6. The Labute approximate surface area is 145 Å². The normalized spacial score (nSPS) is 21.3. The van der Waals surface area contributed by atoms with E-state index < -0.39 is 0 Å². The molecule has 0 amide bonds. The van der Waals surface area contributed by atoms with Crippen LogP contribution in [0.1, 0.15) is 26.2 Å². The van der Waals surface area contributed by atoms with Gasteiger partial charge in [-0.25, -0.2) is 4.98 Å². The first-order valence-electron chi connectivity index (χ1n) is 9.37. The van der Waals surface area contributed by atoms with E-state index in [4.69, 9.17) is 0 Å². The zero-order valence-electron chi connectivity index (χ0n) is 14.6. The fraction of sp³-hybridized carbons (Fsp3) is 0.550. The molecule has 1 aromatic heterocycles. The molecular formula is C20H28N4. The van der Waals surface area contributed by atoms with Gasteiger partial charge in [0.1, 0.15) is 0 Å². The van der Waals surface area contributed by atoms with E-state index in [9.17, 15) is 0 Å². The Bertz CT molecular complexity index is 630. The maximum Gasteiger partial charge on any atom is 0.0991 e. The second-order valence-electron chi connectivity index (χ2n) is 7.38. The summed E-state index contributed by atoms with van der Waals surface area (Å²) in [6.45, 7) is 8.47. The van der Waals surface area contributed by atoms with Gasteiger partial charge >= 0.3 is 0 Å². The molecule has 1 aromatic carbocycles. The average molecular weight is 324 g/mol. The molecule has 1 unspecified atom stereocenters. The number of aromatic nitrogens is 2. The van der Waals surface area contributed by atoms with Gasteiger partial charge in [0.2, 0.25) is 0 Å². The molecule has 0 bridgehead atoms. The first kappa shape index (κ1) is 15.7. The van der Waals surface area contributed by atoms with E-state index in [1.807, 2.05) is 23.3 Å². The zero-order chi connectivity index (χ0) is 16.4. The molecule has 128 valence electrons. The Morgan fingerprint density at radius 2 is 1.96 bits per heavy atom. The van der Waals surface area contributed by atoms with Crippen molar-refractivity contribution in [2.75, 3.05) is 37.6 Å². The Morgan fingerprint density at radius 3 is 2.62 bits per heavy atom. The van der Waals surface area contributed by atoms with Gasteiger partial charge in [-0.1, -0.05) is 0 Å². The highest BCUT2D eigenvalue weighted by Gasteiger charge is 2.29. The molecule has 1 saturated carbocycles. The molecule has 1 saturated heterocycles. The van der Waals surface area contributed by atoms with Crippen molar-refractivity contribution >= 4 is 5.69 Å². The van der Waals surface area contributed by atoms with E-state index in [1.54, 1.807) is 0 Å². The molecule has 2 aromatic rings. The number of benzene rings is 1. The van der Waals surface area contributed by atoms with E-state index in [0.29, 0.717) is 0 Å². The fourth-order valence-corrected chi connectivity index (χ4v) is 3.87. The third kappa shape index (κ3) is 3.64. The summed E-state index contributed by atoms with van der Waals surface area (Å²) in [6.07, 6.45) is 9.94. The molecule has 1 aliphatic carbocycles. The molecule has 0 radical (unpaired) electrons. The van der Waals surface area contributed by atoms with Crippen LogP contribution in [0.15, 0.2) is 43.0 Å². The highest BCUT2D eigenvalue weighted by molar-refractivity contribution is 5.51. The summed E-state index contributed by atoms with van der Waals surface area (Å²) in [7, 11) is 0. The van der Waals surface area contributed by atoms with Crippen LogP contribution in [0.4, 0.5) is 5.69 Å². The molecule has 2 heterocycles. The van der Waals surface area contributed by atoms with Gasteiger partial charge in [0.25, 0.3) is 0 Å². The maximum absolute atomic E-state index is 4.12. The highest BCUT2D eigenvalue weighted by atomic mass is 15.2. The van der Waals surface area contributed by atoms with Gasteiger partial charge in [-0.15, -0.1) is 0 Å². The van der Waals surface area contributed by atoms with E-state index in [0.717, 1.165) is 18.4 Å². The molecule has 2 fully saturated rings. The number of anilines is 1. The lowest BCUT2D eigenvalue weighted by atomic mass is 10.1. The summed E-state index contributed by atoms with van der Waals surface area (Å²) in [5.74, 6) is 1.83. The first-order valence-corrected chi connectivity index (χ1v) is 9.37. The minimum absolute atomic E-state index is 0.817. The van der Waals surface area contributed by atoms with E-state index >= 15 is 0 Å². The summed E-state index contributed by atoms with van der Waals surface area (Å²) in [4.78, 5) is 9.34. The topological polar surface area (TPSA) is 24.3 Å². The number of hydrogen-bond acceptors (Lipinski definition) is 3. The lowest BCUT2D eigenvalue weighted by Crippen LogP contribution is -2.31. The van der Waals surface area contributed by atoms with Crippen molar-refractivity contribution in [1.29, 1.82) is 0 Å². The first-order chi connectivity index (χ1) is 11.8. The van der Waals surface area contributed by atoms with Crippen LogP contribution in [0.5, 0.6) is 0 Å². The predicted molar refractivity (Wildman–Crippen MR) is 98.7 cm³/mol. The molecule has 4 nitrogen and oxygen atoms in total. The van der Waals surface area contributed by atoms with Crippen LogP contribution in [0.2, 0.25) is 0 Å². The van der Waals surface area contributed by atoms with Crippen molar-refractivity contribution in [3.63, 3.8) is 0 Å². The molecule has 4 heteroatoms. The van der Waals surface area contributed by atoms with Gasteiger partial charge in [-0.2, -0.15) is 0 Å². The van der Waals surface area contributed by atoms with Gasteiger partial charge in [0, 0.05) is 49.9 Å². The minimum Gasteiger partial charge on any atom is -0.371 e. The van der Waals surface area contributed by atoms with Crippen LogP contribution in [-0.4, -0.2) is 47.2 Å². The number of imidazole rings is 1. The van der Waals surface area contributed by atoms with Crippen LogP contribution in [-0.2, 0) is 0 Å². The Morgan fingerprint density at radius 1 is 1.12 bits per heavy atom. The largest absolute Gasteiger partial charge is 0.371 e. The summed E-state index contributed by atoms with van der Waals surface area (Å²) in [5.41, 5.74) is 2.51. The molecule has 24 heavy (non-hydrogen) atoms. The van der Waals surface area contributed by atoms with Crippen molar-refractivity contribution < 1.29 is 0 Å². The van der Waals surface area contributed by atoms with Crippen molar-refractivity contribution in [2.24, 2.45) is 11.8 Å². The lowest BCUT2D eigenvalue weighted by Gasteiger charge is -2.27. The second kappa shape index (κ2) is 6.98. The van der Waals surface area contributed by atoms with Crippen LogP contribution in [0.3, 0.4) is 0 Å². The summed E-state index contributed by atoms with van der Waals surface area (Å²) in [6, 6.07) is 8.87. The average Bonchev–Trinajstić information content (AvgIpc) is 3.09. The number of nitrogens with zero attached hydrogens (tertiary/aromatic N) is 4. The third-order valence-electron chi connectivity index (χ3n) is 5.46. The standard InChI is InChI=1S/C20H28N4/c1-2-23(15-18-9-11-22(14-18)13-17-3-4-17)19-5-7-20(8-6-19)24-12-10-21-16-24/h5-8,10,12,16-18H,2-4,9,11,13-15H2,1H3. The van der Waals surface area contributed by atoms with Crippen molar-refractivity contribution in [1.82, 2.24) is 14.5 Å². The van der Waals surface area contributed by atoms with Gasteiger partial charge in [0.15, 0.2) is 0 Å². The van der Waals surface area contributed by atoms with Gasteiger partial charge < -0.3 is 14.4 Å². The van der Waals surface area contributed by atoms with Crippen molar-refractivity contribution in [3.05, 3.63) is 43.0 Å². The molecule has 0 N–H and O–H groups in total. The Balaban J connectivity index is 1.36. The monoisotopic (exact) mass is 324 g/mol. The number of hydrogen-bond donors (Lipinski definition) is 0. The van der Waals surface area contributed by atoms with Gasteiger partial charge in [-0.3, -0.25) is 0 Å². The lowest BCUT2D eigenvalue weighted by molar-refractivity contribution is 0.311.